The van der Waals surface area contributed by atoms with E-state index in [0.717, 1.165) is 32.2 Å². The average molecular weight is 266 g/mol. The van der Waals surface area contributed by atoms with Gasteiger partial charge in [0.25, 0.3) is 0 Å². The number of amides is 1. The number of hydrogen-bond acceptors (Lipinski definition) is 3. The average Bonchev–Trinajstić information content (AvgIpc) is 2.86. The molecule has 0 aliphatic carbocycles. The minimum absolute atomic E-state index is 0.0759. The van der Waals surface area contributed by atoms with E-state index in [1.54, 1.807) is 12.5 Å². The van der Waals surface area contributed by atoms with Gasteiger partial charge in [0.2, 0.25) is 5.91 Å². The Balaban J connectivity index is 2.06. The number of carbonyl (C=O) groups excluding carboxylic acids is 1. The molecule has 0 aromatic carbocycles. The Kier molecular flexibility index (Phi) is 7.18. The summed E-state index contributed by atoms with van der Waals surface area (Å²) in [6.45, 7) is 5.58. The van der Waals surface area contributed by atoms with E-state index in [1.807, 2.05) is 24.6 Å². The maximum Gasteiger partial charge on any atom is 0.222 e. The molecule has 0 spiro atoms. The van der Waals surface area contributed by atoms with E-state index in [2.05, 4.69) is 10.3 Å². The van der Waals surface area contributed by atoms with Crippen molar-refractivity contribution in [2.75, 3.05) is 6.54 Å². The lowest BCUT2D eigenvalue weighted by molar-refractivity contribution is -0.124. The summed E-state index contributed by atoms with van der Waals surface area (Å²) in [7, 11) is 0. The van der Waals surface area contributed by atoms with Gasteiger partial charge in [0.05, 0.1) is 6.33 Å². The van der Waals surface area contributed by atoms with Crippen molar-refractivity contribution in [3.05, 3.63) is 18.7 Å². The van der Waals surface area contributed by atoms with Crippen molar-refractivity contribution in [2.24, 2.45) is 11.7 Å². The molecule has 2 atom stereocenters. The SMILES string of the molecule is CC(N)CCCC(C)C(=O)NCCCn1ccnc1. The summed E-state index contributed by atoms with van der Waals surface area (Å²) in [4.78, 5) is 15.8. The zero-order valence-electron chi connectivity index (χ0n) is 12.0. The van der Waals surface area contributed by atoms with E-state index < -0.39 is 0 Å². The molecule has 5 heteroatoms. The van der Waals surface area contributed by atoms with Crippen LogP contribution >= 0.6 is 0 Å². The first-order valence-corrected chi connectivity index (χ1v) is 7.08. The molecule has 2 unspecified atom stereocenters. The van der Waals surface area contributed by atoms with E-state index in [9.17, 15) is 4.79 Å². The third kappa shape index (κ3) is 6.96. The summed E-state index contributed by atoms with van der Waals surface area (Å²) in [5.74, 6) is 0.224. The Hall–Kier alpha value is -1.36. The van der Waals surface area contributed by atoms with Crippen LogP contribution < -0.4 is 11.1 Å². The summed E-state index contributed by atoms with van der Waals surface area (Å²) in [6.07, 6.45) is 9.32. The van der Waals surface area contributed by atoms with E-state index in [1.165, 1.54) is 0 Å². The maximum absolute atomic E-state index is 11.8. The normalized spacial score (nSPS) is 14.1. The number of imidazole rings is 1. The highest BCUT2D eigenvalue weighted by Crippen LogP contribution is 2.08. The van der Waals surface area contributed by atoms with Gasteiger partial charge in [-0.25, -0.2) is 4.98 Å². The monoisotopic (exact) mass is 266 g/mol. The van der Waals surface area contributed by atoms with Gasteiger partial charge in [-0.05, 0) is 26.2 Å². The van der Waals surface area contributed by atoms with Crippen LogP contribution in [-0.2, 0) is 11.3 Å². The van der Waals surface area contributed by atoms with E-state index in [-0.39, 0.29) is 17.9 Å². The van der Waals surface area contributed by atoms with Crippen LogP contribution in [0.2, 0.25) is 0 Å². The number of nitrogens with two attached hydrogens (primary N) is 1. The molecule has 1 aromatic rings. The van der Waals surface area contributed by atoms with E-state index >= 15 is 0 Å². The van der Waals surface area contributed by atoms with Gasteiger partial charge in [0, 0.05) is 37.4 Å². The predicted octanol–water partition coefficient (Wildman–Crippen LogP) is 1.54. The fourth-order valence-electron chi connectivity index (χ4n) is 1.94. The van der Waals surface area contributed by atoms with Crippen molar-refractivity contribution in [1.29, 1.82) is 0 Å². The Morgan fingerprint density at radius 3 is 2.79 bits per heavy atom. The Labute approximate surface area is 115 Å². The summed E-state index contributed by atoms with van der Waals surface area (Å²) in [5, 5.41) is 2.98. The van der Waals surface area contributed by atoms with Gasteiger partial charge in [-0.1, -0.05) is 13.3 Å². The second-order valence-corrected chi connectivity index (χ2v) is 5.25. The number of carbonyl (C=O) groups is 1. The molecule has 3 N–H and O–H groups in total. The van der Waals surface area contributed by atoms with Crippen molar-refractivity contribution in [2.45, 2.75) is 52.1 Å². The van der Waals surface area contributed by atoms with Crippen LogP contribution in [0.1, 0.15) is 39.5 Å². The standard InChI is InChI=1S/C14H26N4O/c1-12(5-3-6-13(2)15)14(19)17-7-4-9-18-10-8-16-11-18/h8,10-13H,3-7,9,15H2,1-2H3,(H,17,19). The highest BCUT2D eigenvalue weighted by atomic mass is 16.1. The minimum atomic E-state index is 0.0759. The summed E-state index contributed by atoms with van der Waals surface area (Å²) in [5.41, 5.74) is 5.69. The van der Waals surface area contributed by atoms with Crippen molar-refractivity contribution in [3.8, 4) is 0 Å². The molecule has 0 aliphatic rings. The molecule has 0 saturated heterocycles. The van der Waals surface area contributed by atoms with Gasteiger partial charge in [0.1, 0.15) is 0 Å². The Morgan fingerprint density at radius 1 is 1.37 bits per heavy atom. The van der Waals surface area contributed by atoms with Crippen molar-refractivity contribution in [1.82, 2.24) is 14.9 Å². The first-order valence-electron chi connectivity index (χ1n) is 7.08. The second kappa shape index (κ2) is 8.69. The number of rotatable bonds is 9. The highest BCUT2D eigenvalue weighted by Gasteiger charge is 2.11. The number of aryl methyl sites for hydroxylation is 1. The molecule has 1 aromatic heterocycles. The highest BCUT2D eigenvalue weighted by molar-refractivity contribution is 5.78. The van der Waals surface area contributed by atoms with E-state index in [4.69, 9.17) is 5.73 Å². The Bertz CT molecular complexity index is 348. The third-order valence-corrected chi connectivity index (χ3v) is 3.20. The number of nitrogens with one attached hydrogen (secondary N) is 1. The molecule has 1 rings (SSSR count). The lowest BCUT2D eigenvalue weighted by Crippen LogP contribution is -2.30. The smallest absolute Gasteiger partial charge is 0.222 e. The molecule has 0 fully saturated rings. The molecule has 0 bridgehead atoms. The zero-order valence-corrected chi connectivity index (χ0v) is 12.0. The minimum Gasteiger partial charge on any atom is -0.356 e. The molecule has 0 aliphatic heterocycles. The van der Waals surface area contributed by atoms with Crippen LogP contribution in [0.5, 0.6) is 0 Å². The molecule has 1 amide bonds. The lowest BCUT2D eigenvalue weighted by Gasteiger charge is -2.13. The molecular formula is C14H26N4O. The molecule has 1 heterocycles. The predicted molar refractivity (Wildman–Crippen MR) is 76.5 cm³/mol. The van der Waals surface area contributed by atoms with Crippen molar-refractivity contribution >= 4 is 5.91 Å². The summed E-state index contributed by atoms with van der Waals surface area (Å²) in [6, 6.07) is 0.227. The van der Waals surface area contributed by atoms with Gasteiger partial charge in [0.15, 0.2) is 0 Å². The maximum atomic E-state index is 11.8. The molecular weight excluding hydrogens is 240 g/mol. The number of hydrogen-bond donors (Lipinski definition) is 2. The fraction of sp³-hybridized carbons (Fsp3) is 0.714. The zero-order chi connectivity index (χ0) is 14.1. The van der Waals surface area contributed by atoms with Gasteiger partial charge >= 0.3 is 0 Å². The third-order valence-electron chi connectivity index (χ3n) is 3.20. The van der Waals surface area contributed by atoms with Crippen molar-refractivity contribution in [3.63, 3.8) is 0 Å². The van der Waals surface area contributed by atoms with Gasteiger partial charge < -0.3 is 15.6 Å². The number of aromatic nitrogens is 2. The van der Waals surface area contributed by atoms with Crippen LogP contribution in [0.15, 0.2) is 18.7 Å². The van der Waals surface area contributed by atoms with Crippen LogP contribution in [-0.4, -0.2) is 28.0 Å². The van der Waals surface area contributed by atoms with Crippen LogP contribution in [0, 0.1) is 5.92 Å². The molecule has 5 nitrogen and oxygen atoms in total. The molecule has 108 valence electrons. The molecule has 19 heavy (non-hydrogen) atoms. The largest absolute Gasteiger partial charge is 0.356 e. The summed E-state index contributed by atoms with van der Waals surface area (Å²) < 4.78 is 2.01. The number of nitrogens with zero attached hydrogens (tertiary/aromatic N) is 2. The van der Waals surface area contributed by atoms with E-state index in [0.29, 0.717) is 6.54 Å². The first kappa shape index (κ1) is 15.7. The molecule has 0 saturated carbocycles. The van der Waals surface area contributed by atoms with Crippen molar-refractivity contribution < 1.29 is 4.79 Å². The topological polar surface area (TPSA) is 72.9 Å². The second-order valence-electron chi connectivity index (χ2n) is 5.25. The quantitative estimate of drug-likeness (QED) is 0.666. The van der Waals surface area contributed by atoms with Crippen LogP contribution in [0.25, 0.3) is 0 Å². The van der Waals surface area contributed by atoms with Crippen LogP contribution in [0.3, 0.4) is 0 Å². The summed E-state index contributed by atoms with van der Waals surface area (Å²) >= 11 is 0. The van der Waals surface area contributed by atoms with Gasteiger partial charge in [-0.15, -0.1) is 0 Å². The Morgan fingerprint density at radius 2 is 2.16 bits per heavy atom. The van der Waals surface area contributed by atoms with Crippen LogP contribution in [0.4, 0.5) is 0 Å². The molecule has 0 radical (unpaired) electrons. The van der Waals surface area contributed by atoms with Gasteiger partial charge in [-0.3, -0.25) is 4.79 Å². The first-order chi connectivity index (χ1) is 9.09. The van der Waals surface area contributed by atoms with Gasteiger partial charge in [-0.2, -0.15) is 0 Å². The fourth-order valence-corrected chi connectivity index (χ4v) is 1.94. The lowest BCUT2D eigenvalue weighted by atomic mass is 10.0.